The van der Waals surface area contributed by atoms with Gasteiger partial charge < -0.3 is 19.5 Å². The van der Waals surface area contributed by atoms with E-state index in [2.05, 4.69) is 5.32 Å². The summed E-state index contributed by atoms with van der Waals surface area (Å²) >= 11 is 0. The van der Waals surface area contributed by atoms with Crippen LogP contribution in [0.3, 0.4) is 0 Å². The van der Waals surface area contributed by atoms with Crippen molar-refractivity contribution in [2.45, 2.75) is 19.9 Å². The summed E-state index contributed by atoms with van der Waals surface area (Å²) in [6, 6.07) is 19.3. The van der Waals surface area contributed by atoms with E-state index in [-0.39, 0.29) is 11.9 Å². The second-order valence-electron chi connectivity index (χ2n) is 7.99. The normalized spacial score (nSPS) is 15.3. The fourth-order valence-corrected chi connectivity index (χ4v) is 3.95. The molecule has 1 atom stereocenters. The number of anilines is 2. The zero-order chi connectivity index (χ0) is 23.5. The standard InChI is InChI=1S/C27H28N2O4/c1-17-6-10-20(11-7-17)28-22-16-23(29(27(22)30)21-12-8-18(2)9-13-21)19-14-24(31-3)26(33-5)25(15-19)32-4/h6-16,23,28H,1-5H3. The van der Waals surface area contributed by atoms with E-state index in [0.29, 0.717) is 22.9 Å². The first-order valence-corrected chi connectivity index (χ1v) is 10.7. The Kier molecular flexibility index (Phi) is 6.27. The number of carbonyl (C=O) groups excluding carboxylic acids is 1. The molecule has 0 aromatic heterocycles. The lowest BCUT2D eigenvalue weighted by molar-refractivity contribution is -0.114. The van der Waals surface area contributed by atoms with Crippen LogP contribution in [0.5, 0.6) is 17.2 Å². The van der Waals surface area contributed by atoms with Gasteiger partial charge in [0, 0.05) is 11.4 Å². The van der Waals surface area contributed by atoms with Gasteiger partial charge in [0.25, 0.3) is 5.91 Å². The lowest BCUT2D eigenvalue weighted by Crippen LogP contribution is -2.30. The smallest absolute Gasteiger partial charge is 0.275 e. The number of ether oxygens (including phenoxy) is 3. The number of hydrogen-bond acceptors (Lipinski definition) is 5. The summed E-state index contributed by atoms with van der Waals surface area (Å²) in [7, 11) is 4.74. The number of amides is 1. The summed E-state index contributed by atoms with van der Waals surface area (Å²) in [5, 5.41) is 3.29. The maximum Gasteiger partial charge on any atom is 0.275 e. The minimum absolute atomic E-state index is 0.113. The minimum Gasteiger partial charge on any atom is -0.493 e. The fraction of sp³-hybridized carbons (Fsp3) is 0.222. The van der Waals surface area contributed by atoms with Gasteiger partial charge in [-0.2, -0.15) is 0 Å². The second kappa shape index (κ2) is 9.28. The number of nitrogens with one attached hydrogen (secondary N) is 1. The topological polar surface area (TPSA) is 60.0 Å². The van der Waals surface area contributed by atoms with Crippen LogP contribution in [0, 0.1) is 13.8 Å². The molecule has 1 amide bonds. The van der Waals surface area contributed by atoms with Crippen LogP contribution < -0.4 is 24.4 Å². The molecular formula is C27H28N2O4. The summed E-state index contributed by atoms with van der Waals surface area (Å²) in [6.07, 6.45) is 1.93. The van der Waals surface area contributed by atoms with Gasteiger partial charge in [-0.15, -0.1) is 0 Å². The predicted molar refractivity (Wildman–Crippen MR) is 130 cm³/mol. The van der Waals surface area contributed by atoms with E-state index in [1.54, 1.807) is 26.2 Å². The number of methoxy groups -OCH3 is 3. The summed E-state index contributed by atoms with van der Waals surface area (Å²) in [4.78, 5) is 15.4. The molecule has 0 fully saturated rings. The van der Waals surface area contributed by atoms with Crippen molar-refractivity contribution in [1.82, 2.24) is 0 Å². The molecule has 3 aromatic rings. The zero-order valence-electron chi connectivity index (χ0n) is 19.5. The Labute approximate surface area is 194 Å². The van der Waals surface area contributed by atoms with Crippen molar-refractivity contribution in [3.05, 3.63) is 89.1 Å². The molecule has 0 bridgehead atoms. The van der Waals surface area contributed by atoms with Crippen molar-refractivity contribution >= 4 is 17.3 Å². The summed E-state index contributed by atoms with van der Waals surface area (Å²) in [5.41, 5.74) is 5.30. The van der Waals surface area contributed by atoms with E-state index < -0.39 is 0 Å². The van der Waals surface area contributed by atoms with Crippen LogP contribution in [0.2, 0.25) is 0 Å². The lowest BCUT2D eigenvalue weighted by atomic mass is 10.0. The van der Waals surface area contributed by atoms with E-state index in [1.807, 2.05) is 80.6 Å². The van der Waals surface area contributed by atoms with Crippen molar-refractivity contribution in [2.75, 3.05) is 31.5 Å². The van der Waals surface area contributed by atoms with Crippen LogP contribution in [0.1, 0.15) is 22.7 Å². The highest BCUT2D eigenvalue weighted by molar-refractivity contribution is 6.11. The Morgan fingerprint density at radius 1 is 0.788 bits per heavy atom. The van der Waals surface area contributed by atoms with Crippen molar-refractivity contribution < 1.29 is 19.0 Å². The number of hydrogen-bond donors (Lipinski definition) is 1. The third kappa shape index (κ3) is 4.37. The molecule has 4 rings (SSSR count). The van der Waals surface area contributed by atoms with Crippen molar-refractivity contribution in [1.29, 1.82) is 0 Å². The molecule has 1 aliphatic heterocycles. The molecule has 1 unspecified atom stereocenters. The number of nitrogens with zero attached hydrogens (tertiary/aromatic N) is 1. The van der Waals surface area contributed by atoms with Crippen LogP contribution in [-0.2, 0) is 4.79 Å². The van der Waals surface area contributed by atoms with Gasteiger partial charge in [-0.1, -0.05) is 35.4 Å². The van der Waals surface area contributed by atoms with Gasteiger partial charge in [0.1, 0.15) is 5.70 Å². The average molecular weight is 445 g/mol. The van der Waals surface area contributed by atoms with E-state index in [1.165, 1.54) is 0 Å². The Morgan fingerprint density at radius 3 is 1.85 bits per heavy atom. The third-order valence-electron chi connectivity index (χ3n) is 5.72. The number of rotatable bonds is 7. The van der Waals surface area contributed by atoms with Gasteiger partial charge in [-0.25, -0.2) is 0 Å². The minimum atomic E-state index is -0.359. The Balaban J connectivity index is 1.80. The van der Waals surface area contributed by atoms with Gasteiger partial charge in [-0.3, -0.25) is 9.69 Å². The first-order chi connectivity index (χ1) is 15.9. The summed E-state index contributed by atoms with van der Waals surface area (Å²) < 4.78 is 16.6. The quantitative estimate of drug-likeness (QED) is 0.528. The molecule has 0 saturated carbocycles. The van der Waals surface area contributed by atoms with Gasteiger partial charge in [0.2, 0.25) is 5.75 Å². The maximum atomic E-state index is 13.6. The molecule has 0 aliphatic carbocycles. The molecular weight excluding hydrogens is 416 g/mol. The molecule has 0 saturated heterocycles. The van der Waals surface area contributed by atoms with Crippen LogP contribution in [0.4, 0.5) is 11.4 Å². The fourth-order valence-electron chi connectivity index (χ4n) is 3.95. The summed E-state index contributed by atoms with van der Waals surface area (Å²) in [6.45, 7) is 4.05. The van der Waals surface area contributed by atoms with Crippen molar-refractivity contribution in [3.63, 3.8) is 0 Å². The molecule has 3 aromatic carbocycles. The molecule has 6 heteroatoms. The first kappa shape index (κ1) is 22.3. The average Bonchev–Trinajstić information content (AvgIpc) is 3.15. The Hall–Kier alpha value is -3.93. The molecule has 0 radical (unpaired) electrons. The molecule has 170 valence electrons. The molecule has 6 nitrogen and oxygen atoms in total. The van der Waals surface area contributed by atoms with Crippen LogP contribution >= 0.6 is 0 Å². The van der Waals surface area contributed by atoms with Gasteiger partial charge in [-0.05, 0) is 61.9 Å². The monoisotopic (exact) mass is 444 g/mol. The van der Waals surface area contributed by atoms with E-state index in [0.717, 1.165) is 28.1 Å². The Morgan fingerprint density at radius 2 is 1.33 bits per heavy atom. The Bertz CT molecular complexity index is 1160. The van der Waals surface area contributed by atoms with E-state index in [9.17, 15) is 4.79 Å². The maximum absolute atomic E-state index is 13.6. The molecule has 1 aliphatic rings. The highest BCUT2D eigenvalue weighted by Crippen LogP contribution is 2.43. The molecule has 33 heavy (non-hydrogen) atoms. The number of aryl methyl sites for hydroxylation is 2. The van der Waals surface area contributed by atoms with Gasteiger partial charge in [0.15, 0.2) is 11.5 Å². The molecule has 1 N–H and O–H groups in total. The van der Waals surface area contributed by atoms with Crippen LogP contribution in [0.25, 0.3) is 0 Å². The SMILES string of the molecule is COc1cc(C2C=C(Nc3ccc(C)cc3)C(=O)N2c2ccc(C)cc2)cc(OC)c1OC. The van der Waals surface area contributed by atoms with Crippen LogP contribution in [0.15, 0.2) is 72.4 Å². The van der Waals surface area contributed by atoms with Crippen molar-refractivity contribution in [2.24, 2.45) is 0 Å². The van der Waals surface area contributed by atoms with E-state index >= 15 is 0 Å². The van der Waals surface area contributed by atoms with Crippen molar-refractivity contribution in [3.8, 4) is 17.2 Å². The van der Waals surface area contributed by atoms with E-state index in [4.69, 9.17) is 14.2 Å². The lowest BCUT2D eigenvalue weighted by Gasteiger charge is -2.26. The third-order valence-corrected chi connectivity index (χ3v) is 5.72. The first-order valence-electron chi connectivity index (χ1n) is 10.7. The number of benzene rings is 3. The summed E-state index contributed by atoms with van der Waals surface area (Å²) in [5.74, 6) is 1.48. The van der Waals surface area contributed by atoms with Crippen LogP contribution in [-0.4, -0.2) is 27.2 Å². The molecule has 0 spiro atoms. The van der Waals surface area contributed by atoms with Gasteiger partial charge in [0.05, 0.1) is 27.4 Å². The zero-order valence-corrected chi connectivity index (χ0v) is 19.5. The highest BCUT2D eigenvalue weighted by Gasteiger charge is 2.36. The highest BCUT2D eigenvalue weighted by atomic mass is 16.5. The molecule has 1 heterocycles. The largest absolute Gasteiger partial charge is 0.493 e. The predicted octanol–water partition coefficient (Wildman–Crippen LogP) is 5.41. The number of carbonyl (C=O) groups is 1. The second-order valence-corrected chi connectivity index (χ2v) is 7.99. The van der Waals surface area contributed by atoms with Gasteiger partial charge >= 0.3 is 0 Å².